The zero-order chi connectivity index (χ0) is 12.4. The number of phenolic OH excluding ortho intramolecular Hbond substituents is 1. The molecule has 0 atom stereocenters. The SMILES string of the molecule is Nc1cccc(O)c1-c1ccccc1[N+](=O)[O-]. The maximum absolute atomic E-state index is 10.9. The van der Waals surface area contributed by atoms with Crippen LogP contribution in [0.3, 0.4) is 0 Å². The van der Waals surface area contributed by atoms with Crippen molar-refractivity contribution < 1.29 is 10.0 Å². The van der Waals surface area contributed by atoms with Crippen molar-refractivity contribution in [3.05, 3.63) is 52.6 Å². The molecule has 5 heteroatoms. The molecule has 5 nitrogen and oxygen atoms in total. The van der Waals surface area contributed by atoms with E-state index in [9.17, 15) is 15.2 Å². The summed E-state index contributed by atoms with van der Waals surface area (Å²) in [6.07, 6.45) is 0. The van der Waals surface area contributed by atoms with Gasteiger partial charge >= 0.3 is 0 Å². The lowest BCUT2D eigenvalue weighted by molar-refractivity contribution is -0.384. The number of nitrogens with zero attached hydrogens (tertiary/aromatic N) is 1. The van der Waals surface area contributed by atoms with Gasteiger partial charge in [0.25, 0.3) is 5.69 Å². The Hall–Kier alpha value is -2.56. The minimum absolute atomic E-state index is 0.0701. The molecule has 0 aliphatic heterocycles. The van der Waals surface area contributed by atoms with Crippen molar-refractivity contribution in [1.29, 1.82) is 0 Å². The van der Waals surface area contributed by atoms with E-state index in [1.165, 1.54) is 12.1 Å². The smallest absolute Gasteiger partial charge is 0.277 e. The van der Waals surface area contributed by atoms with E-state index in [4.69, 9.17) is 5.73 Å². The van der Waals surface area contributed by atoms with Crippen molar-refractivity contribution in [1.82, 2.24) is 0 Å². The third-order valence-corrected chi connectivity index (χ3v) is 2.44. The Balaban J connectivity index is 2.73. The Morgan fingerprint density at radius 1 is 1.12 bits per heavy atom. The molecule has 0 bridgehead atoms. The first-order valence-electron chi connectivity index (χ1n) is 4.92. The summed E-state index contributed by atoms with van der Waals surface area (Å²) in [6, 6.07) is 10.8. The first kappa shape index (κ1) is 10.9. The van der Waals surface area contributed by atoms with Crippen LogP contribution in [0.25, 0.3) is 11.1 Å². The van der Waals surface area contributed by atoms with E-state index in [1.54, 1.807) is 30.3 Å². The summed E-state index contributed by atoms with van der Waals surface area (Å²) in [5.41, 5.74) is 6.57. The van der Waals surface area contributed by atoms with Crippen LogP contribution >= 0.6 is 0 Å². The zero-order valence-corrected chi connectivity index (χ0v) is 8.83. The summed E-state index contributed by atoms with van der Waals surface area (Å²) in [6.45, 7) is 0. The molecule has 0 fully saturated rings. The molecule has 3 N–H and O–H groups in total. The number of phenols is 1. The van der Waals surface area contributed by atoms with Crippen LogP contribution in [0.15, 0.2) is 42.5 Å². The molecule has 0 saturated heterocycles. The maximum Gasteiger partial charge on any atom is 0.277 e. The lowest BCUT2D eigenvalue weighted by Crippen LogP contribution is -1.95. The monoisotopic (exact) mass is 230 g/mol. The molecule has 2 rings (SSSR count). The second kappa shape index (κ2) is 4.13. The number of para-hydroxylation sites is 1. The number of rotatable bonds is 2. The Morgan fingerprint density at radius 2 is 1.82 bits per heavy atom. The molecule has 0 aliphatic carbocycles. The molecule has 0 unspecified atom stereocenters. The minimum atomic E-state index is -0.499. The van der Waals surface area contributed by atoms with Crippen LogP contribution in [0.1, 0.15) is 0 Å². The van der Waals surface area contributed by atoms with E-state index in [0.29, 0.717) is 16.8 Å². The lowest BCUT2D eigenvalue weighted by Gasteiger charge is -2.08. The molecule has 0 amide bonds. The fourth-order valence-corrected chi connectivity index (χ4v) is 1.70. The van der Waals surface area contributed by atoms with E-state index < -0.39 is 4.92 Å². The van der Waals surface area contributed by atoms with Crippen molar-refractivity contribution >= 4 is 11.4 Å². The Kier molecular flexibility index (Phi) is 2.66. The first-order valence-corrected chi connectivity index (χ1v) is 4.92. The average Bonchev–Trinajstić information content (AvgIpc) is 2.29. The molecule has 2 aromatic rings. The summed E-state index contributed by atoms with van der Waals surface area (Å²) < 4.78 is 0. The molecule has 0 aliphatic rings. The van der Waals surface area contributed by atoms with E-state index in [0.717, 1.165) is 0 Å². The number of anilines is 1. The summed E-state index contributed by atoms with van der Waals surface area (Å²) >= 11 is 0. The van der Waals surface area contributed by atoms with Gasteiger partial charge in [-0.15, -0.1) is 0 Å². The number of nitro benzene ring substituents is 1. The number of nitrogens with two attached hydrogens (primary N) is 1. The second-order valence-corrected chi connectivity index (χ2v) is 3.52. The third-order valence-electron chi connectivity index (χ3n) is 2.44. The van der Waals surface area contributed by atoms with Gasteiger partial charge in [-0.3, -0.25) is 10.1 Å². The number of hydrogen-bond acceptors (Lipinski definition) is 4. The number of aromatic hydroxyl groups is 1. The predicted molar refractivity (Wildman–Crippen MR) is 64.6 cm³/mol. The fourth-order valence-electron chi connectivity index (χ4n) is 1.70. The highest BCUT2D eigenvalue weighted by atomic mass is 16.6. The quantitative estimate of drug-likeness (QED) is 0.471. The molecular weight excluding hydrogens is 220 g/mol. The van der Waals surface area contributed by atoms with Crippen molar-refractivity contribution in [2.75, 3.05) is 5.73 Å². The van der Waals surface area contributed by atoms with E-state index in [2.05, 4.69) is 0 Å². The number of hydrogen-bond donors (Lipinski definition) is 2. The molecule has 0 spiro atoms. The van der Waals surface area contributed by atoms with Crippen LogP contribution in [0.4, 0.5) is 11.4 Å². The molecule has 0 heterocycles. The Morgan fingerprint density at radius 3 is 2.47 bits per heavy atom. The zero-order valence-electron chi connectivity index (χ0n) is 8.83. The molecule has 0 radical (unpaired) electrons. The van der Waals surface area contributed by atoms with Crippen LogP contribution < -0.4 is 5.73 Å². The second-order valence-electron chi connectivity index (χ2n) is 3.52. The number of nitro groups is 1. The molecule has 2 aromatic carbocycles. The third kappa shape index (κ3) is 1.90. The van der Waals surface area contributed by atoms with Gasteiger partial charge in [-0.05, 0) is 18.2 Å². The van der Waals surface area contributed by atoms with Crippen LogP contribution in [0, 0.1) is 10.1 Å². The number of benzene rings is 2. The van der Waals surface area contributed by atoms with Gasteiger partial charge in [0.15, 0.2) is 0 Å². The van der Waals surface area contributed by atoms with Gasteiger partial charge in [0.2, 0.25) is 0 Å². The van der Waals surface area contributed by atoms with Crippen LogP contribution in [-0.2, 0) is 0 Å². The van der Waals surface area contributed by atoms with Gasteiger partial charge in [0, 0.05) is 11.8 Å². The average molecular weight is 230 g/mol. The molecule has 86 valence electrons. The van der Waals surface area contributed by atoms with Gasteiger partial charge < -0.3 is 10.8 Å². The minimum Gasteiger partial charge on any atom is -0.507 e. The van der Waals surface area contributed by atoms with Gasteiger partial charge in [0.05, 0.1) is 16.1 Å². The Bertz CT molecular complexity index is 561. The molecule has 17 heavy (non-hydrogen) atoms. The fraction of sp³-hybridized carbons (Fsp3) is 0. The van der Waals surface area contributed by atoms with E-state index >= 15 is 0 Å². The number of nitrogen functional groups attached to an aromatic ring is 1. The normalized spacial score (nSPS) is 10.1. The van der Waals surface area contributed by atoms with Gasteiger partial charge in [-0.1, -0.05) is 18.2 Å². The van der Waals surface area contributed by atoms with Crippen LogP contribution in [0.5, 0.6) is 5.75 Å². The summed E-state index contributed by atoms with van der Waals surface area (Å²) in [5.74, 6) is -0.0701. The standard InChI is InChI=1S/C12H10N2O3/c13-9-5-3-7-11(15)12(9)8-4-1-2-6-10(8)14(16)17/h1-7,15H,13H2. The summed E-state index contributed by atoms with van der Waals surface area (Å²) in [5, 5.41) is 20.6. The molecule has 0 aromatic heterocycles. The highest BCUT2D eigenvalue weighted by molar-refractivity contribution is 5.86. The topological polar surface area (TPSA) is 89.4 Å². The highest BCUT2D eigenvalue weighted by Gasteiger charge is 2.18. The van der Waals surface area contributed by atoms with Crippen LogP contribution in [-0.4, -0.2) is 10.0 Å². The molecule has 0 saturated carbocycles. The van der Waals surface area contributed by atoms with Crippen molar-refractivity contribution in [2.24, 2.45) is 0 Å². The largest absolute Gasteiger partial charge is 0.507 e. The van der Waals surface area contributed by atoms with Gasteiger partial charge in [-0.25, -0.2) is 0 Å². The summed E-state index contributed by atoms with van der Waals surface area (Å²) in [7, 11) is 0. The highest BCUT2D eigenvalue weighted by Crippen LogP contribution is 2.39. The Labute approximate surface area is 97.3 Å². The van der Waals surface area contributed by atoms with Crippen LogP contribution in [0.2, 0.25) is 0 Å². The summed E-state index contributed by atoms with van der Waals surface area (Å²) in [4.78, 5) is 10.4. The lowest BCUT2D eigenvalue weighted by atomic mass is 10.0. The first-order chi connectivity index (χ1) is 8.11. The van der Waals surface area contributed by atoms with Crippen molar-refractivity contribution in [2.45, 2.75) is 0 Å². The van der Waals surface area contributed by atoms with Crippen molar-refractivity contribution in [3.63, 3.8) is 0 Å². The van der Waals surface area contributed by atoms with Gasteiger partial charge in [-0.2, -0.15) is 0 Å². The maximum atomic E-state index is 10.9. The van der Waals surface area contributed by atoms with Gasteiger partial charge in [0.1, 0.15) is 5.75 Å². The van der Waals surface area contributed by atoms with E-state index in [-0.39, 0.29) is 11.4 Å². The predicted octanol–water partition coefficient (Wildman–Crippen LogP) is 2.55. The van der Waals surface area contributed by atoms with E-state index in [1.807, 2.05) is 0 Å². The van der Waals surface area contributed by atoms with Crippen molar-refractivity contribution in [3.8, 4) is 16.9 Å². The molecular formula is C12H10N2O3.